The molecule has 1 aliphatic heterocycles. The summed E-state index contributed by atoms with van der Waals surface area (Å²) in [7, 11) is -7.06. The highest BCUT2D eigenvalue weighted by atomic mass is 32.3. The first-order valence-corrected chi connectivity index (χ1v) is 17.8. The highest BCUT2D eigenvalue weighted by Gasteiger charge is 2.36. The van der Waals surface area contributed by atoms with Gasteiger partial charge in [0.1, 0.15) is 10.1 Å². The van der Waals surface area contributed by atoms with E-state index < -0.39 is 20.7 Å². The summed E-state index contributed by atoms with van der Waals surface area (Å²) in [5.74, 6) is -0.145. The van der Waals surface area contributed by atoms with E-state index in [-0.39, 0.29) is 16.3 Å². The number of unbranched alkanes of at least 4 members (excludes halogenated alkanes) is 3. The van der Waals surface area contributed by atoms with Gasteiger partial charge in [-0.1, -0.05) is 81.8 Å². The average molecular weight is 647 g/mol. The molecule has 1 saturated heterocycles. The zero-order chi connectivity index (χ0) is 31.6. The van der Waals surface area contributed by atoms with Crippen LogP contribution in [0.2, 0.25) is 0 Å². The number of benzene rings is 5. The number of anilines is 2. The molecule has 5 aromatic carbocycles. The molecule has 2 N–H and O–H groups in total. The average Bonchev–Trinajstić information content (AvgIpc) is 3.02. The lowest BCUT2D eigenvalue weighted by Gasteiger charge is -2.41. The Balaban J connectivity index is 1.35. The fourth-order valence-electron chi connectivity index (χ4n) is 5.24. The molecule has 45 heavy (non-hydrogen) atoms. The molecule has 0 amide bonds. The summed E-state index contributed by atoms with van der Waals surface area (Å²) < 4.78 is 45.6. The molecule has 10 nitrogen and oxygen atoms in total. The molecule has 0 bridgehead atoms. The summed E-state index contributed by atoms with van der Waals surface area (Å²) in [5.41, 5.74) is 3.40. The molecule has 0 saturated carbocycles. The lowest BCUT2D eigenvalue weighted by atomic mass is 10.1. The SMILES string of the molecule is CCCCCCc1ccc(Nc2ccc3cc(S4(C)OOO4)c(N=Nc4cccc5ccc(S(=O)(=O)[O-])cc45)c(O)c3c2)cc1. The van der Waals surface area contributed by atoms with Crippen molar-refractivity contribution in [1.29, 1.82) is 0 Å². The number of aromatic hydroxyl groups is 1. The number of phenolic OH excluding ortho intramolecular Hbond substituents is 1. The Kier molecular flexibility index (Phi) is 8.78. The Labute approximate surface area is 263 Å². The molecule has 1 aliphatic rings. The summed E-state index contributed by atoms with van der Waals surface area (Å²) in [4.78, 5) is 0.0692. The Morgan fingerprint density at radius 1 is 0.844 bits per heavy atom. The van der Waals surface area contributed by atoms with Gasteiger partial charge in [-0.15, -0.1) is 10.2 Å². The number of hydrogen-bond donors (Lipinski definition) is 2. The number of nitrogens with zero attached hydrogens (tertiary/aromatic N) is 2. The van der Waals surface area contributed by atoms with Crippen molar-refractivity contribution in [3.8, 4) is 5.75 Å². The van der Waals surface area contributed by atoms with Gasteiger partial charge in [-0.05, 0) is 82.7 Å². The van der Waals surface area contributed by atoms with E-state index in [1.165, 1.54) is 49.4 Å². The number of rotatable bonds is 11. The molecular formula is C33H32N3O7S2-. The number of azo groups is 1. The molecule has 0 spiro atoms. The first-order chi connectivity index (χ1) is 21.6. The second-order valence-corrected chi connectivity index (χ2v) is 14.6. The summed E-state index contributed by atoms with van der Waals surface area (Å²) in [6, 6.07) is 25.0. The Bertz CT molecular complexity index is 2010. The first-order valence-electron chi connectivity index (χ1n) is 14.5. The highest BCUT2D eigenvalue weighted by Crippen LogP contribution is 2.66. The van der Waals surface area contributed by atoms with E-state index in [4.69, 9.17) is 8.67 Å². The maximum absolute atomic E-state index is 11.7. The number of hydrogen-bond acceptors (Lipinski definition) is 10. The fourth-order valence-corrected chi connectivity index (χ4v) is 6.94. The maximum Gasteiger partial charge on any atom is 0.152 e. The van der Waals surface area contributed by atoms with E-state index in [1.807, 2.05) is 36.4 Å². The van der Waals surface area contributed by atoms with E-state index in [0.717, 1.165) is 23.2 Å². The van der Waals surface area contributed by atoms with Crippen LogP contribution in [0.5, 0.6) is 5.75 Å². The van der Waals surface area contributed by atoms with Gasteiger partial charge >= 0.3 is 0 Å². The molecule has 234 valence electrons. The topological polar surface area (TPSA) is 142 Å². The summed E-state index contributed by atoms with van der Waals surface area (Å²) in [6.45, 7) is 2.21. The molecule has 5 aromatic rings. The molecule has 1 heterocycles. The van der Waals surface area contributed by atoms with Crippen molar-refractivity contribution in [1.82, 2.24) is 0 Å². The van der Waals surface area contributed by atoms with Crippen LogP contribution in [-0.2, 0) is 30.2 Å². The van der Waals surface area contributed by atoms with Gasteiger partial charge < -0.3 is 15.0 Å². The number of aryl methyl sites for hydroxylation is 1. The van der Waals surface area contributed by atoms with Crippen LogP contribution in [-0.4, -0.2) is 24.3 Å². The Morgan fingerprint density at radius 2 is 1.60 bits per heavy atom. The quantitative estimate of drug-likeness (QED) is 0.0625. The smallest absolute Gasteiger partial charge is 0.152 e. The van der Waals surface area contributed by atoms with E-state index >= 15 is 0 Å². The van der Waals surface area contributed by atoms with Crippen LogP contribution in [0, 0.1) is 0 Å². The largest absolute Gasteiger partial charge is 0.744 e. The summed E-state index contributed by atoms with van der Waals surface area (Å²) >= 11 is 0. The Morgan fingerprint density at radius 3 is 2.31 bits per heavy atom. The molecule has 6 rings (SSSR count). The molecule has 0 unspecified atom stereocenters. The lowest BCUT2D eigenvalue weighted by Crippen LogP contribution is -2.18. The molecular weight excluding hydrogens is 615 g/mol. The first kappa shape index (κ1) is 31.0. The zero-order valence-electron chi connectivity index (χ0n) is 24.7. The Hall–Kier alpha value is -4.04. The van der Waals surface area contributed by atoms with Crippen molar-refractivity contribution in [3.05, 3.63) is 90.5 Å². The van der Waals surface area contributed by atoms with E-state index in [1.54, 1.807) is 24.5 Å². The molecule has 0 atom stereocenters. The van der Waals surface area contributed by atoms with Crippen molar-refractivity contribution < 1.29 is 31.8 Å². The van der Waals surface area contributed by atoms with Crippen LogP contribution in [0.25, 0.3) is 21.5 Å². The number of phenols is 1. The summed E-state index contributed by atoms with van der Waals surface area (Å²) in [5, 5.41) is 30.6. The standard InChI is InChI=1S/C33H33N3O7S2/c1-3-4-5-6-8-22-11-15-25(16-12-22)34-26-17-13-24-19-31(44(2)42-41-43-44)32(33(37)29(24)20-26)36-35-30-10-7-9-23-14-18-27(21-28(23)30)45(38,39)40/h7,9-21,34,37H,3-6,8H2,1-2H3,(H,38,39,40)/p-1. The maximum atomic E-state index is 11.7. The summed E-state index contributed by atoms with van der Waals surface area (Å²) in [6.07, 6.45) is 7.64. The predicted octanol–water partition coefficient (Wildman–Crippen LogP) is 9.40. The van der Waals surface area contributed by atoms with Crippen LogP contribution >= 0.6 is 10.6 Å². The second kappa shape index (κ2) is 12.8. The minimum Gasteiger partial charge on any atom is -0.744 e. The fraction of sp³-hybridized carbons (Fsp3) is 0.212. The van der Waals surface area contributed by atoms with Crippen LogP contribution < -0.4 is 5.32 Å². The molecule has 0 aliphatic carbocycles. The van der Waals surface area contributed by atoms with Gasteiger partial charge in [0.2, 0.25) is 0 Å². The zero-order valence-corrected chi connectivity index (χ0v) is 26.4. The highest BCUT2D eigenvalue weighted by molar-refractivity contribution is 8.25. The monoisotopic (exact) mass is 646 g/mol. The van der Waals surface area contributed by atoms with Crippen LogP contribution in [0.4, 0.5) is 22.7 Å². The van der Waals surface area contributed by atoms with Gasteiger partial charge in [0.05, 0.1) is 15.5 Å². The van der Waals surface area contributed by atoms with Gasteiger partial charge in [0, 0.05) is 28.4 Å². The van der Waals surface area contributed by atoms with Gasteiger partial charge in [-0.25, -0.2) is 8.42 Å². The lowest BCUT2D eigenvalue weighted by molar-refractivity contribution is -0.470. The van der Waals surface area contributed by atoms with Crippen LogP contribution in [0.1, 0.15) is 38.2 Å². The number of fused-ring (bicyclic) bond motifs is 2. The van der Waals surface area contributed by atoms with Crippen molar-refractivity contribution in [2.75, 3.05) is 11.6 Å². The van der Waals surface area contributed by atoms with Crippen molar-refractivity contribution >= 4 is 65.0 Å². The van der Waals surface area contributed by atoms with Crippen LogP contribution in [0.3, 0.4) is 0 Å². The molecule has 0 aromatic heterocycles. The second-order valence-electron chi connectivity index (χ2n) is 10.9. The predicted molar refractivity (Wildman–Crippen MR) is 174 cm³/mol. The minimum atomic E-state index is -4.68. The van der Waals surface area contributed by atoms with E-state index in [9.17, 15) is 18.1 Å². The third-order valence-electron chi connectivity index (χ3n) is 7.71. The van der Waals surface area contributed by atoms with Gasteiger partial charge in [0.15, 0.2) is 11.4 Å². The van der Waals surface area contributed by atoms with Crippen molar-refractivity contribution in [3.63, 3.8) is 0 Å². The number of nitrogens with one attached hydrogen (secondary N) is 1. The van der Waals surface area contributed by atoms with E-state index in [0.29, 0.717) is 26.7 Å². The van der Waals surface area contributed by atoms with Crippen molar-refractivity contribution in [2.45, 2.75) is 48.8 Å². The van der Waals surface area contributed by atoms with Gasteiger partial charge in [-0.3, -0.25) is 0 Å². The third kappa shape index (κ3) is 6.66. The third-order valence-corrected chi connectivity index (χ3v) is 10.3. The normalized spacial score (nSPS) is 15.4. The van der Waals surface area contributed by atoms with Crippen molar-refractivity contribution in [2.24, 2.45) is 10.2 Å². The van der Waals surface area contributed by atoms with Gasteiger partial charge in [0.25, 0.3) is 0 Å². The molecule has 0 radical (unpaired) electrons. The molecule has 1 fully saturated rings. The van der Waals surface area contributed by atoms with Gasteiger partial charge in [-0.2, -0.15) is 0 Å². The molecule has 12 heteroatoms. The van der Waals surface area contributed by atoms with Crippen LogP contribution in [0.15, 0.2) is 105 Å². The minimum absolute atomic E-state index is 0.109. The van der Waals surface area contributed by atoms with E-state index in [2.05, 4.69) is 39.6 Å².